The fourth-order valence-electron chi connectivity index (χ4n) is 5.70. The van der Waals surface area contributed by atoms with Gasteiger partial charge >= 0.3 is 11.9 Å². The fourth-order valence-corrected chi connectivity index (χ4v) is 5.70. The molecule has 0 aliphatic rings. The summed E-state index contributed by atoms with van der Waals surface area (Å²) in [4.78, 5) is 22.2. The quantitative estimate of drug-likeness (QED) is 0.103. The largest absolute Gasteiger partial charge is 0.481 e. The second-order valence-corrected chi connectivity index (χ2v) is 11.8. The van der Waals surface area contributed by atoms with E-state index in [2.05, 4.69) is 48.5 Å². The molecule has 0 aliphatic heterocycles. The number of carbonyl (C=O) groups is 2. The van der Waals surface area contributed by atoms with Crippen molar-refractivity contribution < 1.29 is 28.9 Å². The number of aliphatic carboxylic acids is 1. The molecule has 236 valence electrons. The van der Waals surface area contributed by atoms with Gasteiger partial charge in [-0.25, -0.2) is 9.18 Å². The molecule has 4 aromatic rings. The first kappa shape index (κ1) is 33.6. The van der Waals surface area contributed by atoms with Crippen LogP contribution in [0.5, 0.6) is 0 Å². The predicted molar refractivity (Wildman–Crippen MR) is 175 cm³/mol. The molecule has 4 aromatic carbocycles. The highest BCUT2D eigenvalue weighted by Gasteiger charge is 2.20. The van der Waals surface area contributed by atoms with E-state index in [1.54, 1.807) is 24.3 Å². The maximum Gasteiger partial charge on any atom is 0.335 e. The van der Waals surface area contributed by atoms with Crippen LogP contribution in [-0.2, 0) is 35.4 Å². The van der Waals surface area contributed by atoms with E-state index in [1.165, 1.54) is 23.3 Å². The van der Waals surface area contributed by atoms with Crippen molar-refractivity contribution >= 4 is 11.9 Å². The first-order valence-corrected chi connectivity index (χ1v) is 15.9. The molecule has 0 saturated carbocycles. The van der Waals surface area contributed by atoms with Crippen LogP contribution in [0.25, 0.3) is 0 Å². The molecule has 0 saturated heterocycles. The van der Waals surface area contributed by atoms with Gasteiger partial charge in [-0.15, -0.1) is 0 Å². The van der Waals surface area contributed by atoms with Gasteiger partial charge in [-0.1, -0.05) is 105 Å². The first-order valence-electron chi connectivity index (χ1n) is 15.9. The topological polar surface area (TPSA) is 83.8 Å². The van der Waals surface area contributed by atoms with Crippen LogP contribution in [0, 0.1) is 11.7 Å². The zero-order chi connectivity index (χ0) is 31.9. The highest BCUT2D eigenvalue weighted by atomic mass is 19.1. The minimum absolute atomic E-state index is 0.188. The molecule has 0 heterocycles. The Hall–Kier alpha value is -4.29. The van der Waals surface area contributed by atoms with Gasteiger partial charge in [-0.2, -0.15) is 0 Å². The molecule has 45 heavy (non-hydrogen) atoms. The third kappa shape index (κ3) is 12.0. The molecule has 0 bridgehead atoms. The number of aromatic carboxylic acids is 1. The molecule has 0 aliphatic carbocycles. The van der Waals surface area contributed by atoms with Crippen LogP contribution in [0.3, 0.4) is 0 Å². The van der Waals surface area contributed by atoms with E-state index < -0.39 is 11.9 Å². The van der Waals surface area contributed by atoms with Gasteiger partial charge in [-0.05, 0) is 90.1 Å². The lowest BCUT2D eigenvalue weighted by molar-refractivity contribution is -0.137. The Labute approximate surface area is 265 Å². The van der Waals surface area contributed by atoms with E-state index >= 15 is 0 Å². The number of carboxylic acids is 2. The maximum absolute atomic E-state index is 13.8. The summed E-state index contributed by atoms with van der Waals surface area (Å²) >= 11 is 0. The molecule has 5 nitrogen and oxygen atoms in total. The summed E-state index contributed by atoms with van der Waals surface area (Å²) in [7, 11) is 0. The van der Waals surface area contributed by atoms with Crippen LogP contribution in [0.1, 0.15) is 89.2 Å². The second kappa shape index (κ2) is 17.9. The van der Waals surface area contributed by atoms with Crippen molar-refractivity contribution in [3.8, 4) is 0 Å². The van der Waals surface area contributed by atoms with Gasteiger partial charge in [-0.3, -0.25) is 4.79 Å². The Kier molecular flexibility index (Phi) is 13.3. The Morgan fingerprint density at radius 3 is 1.91 bits per heavy atom. The van der Waals surface area contributed by atoms with E-state index in [0.717, 1.165) is 68.1 Å². The summed E-state index contributed by atoms with van der Waals surface area (Å²) in [5.41, 5.74) is 5.90. The van der Waals surface area contributed by atoms with Gasteiger partial charge in [0.1, 0.15) is 5.82 Å². The number of unbranched alkanes of at least 4 members (excludes halogenated alkanes) is 3. The minimum atomic E-state index is -0.950. The molecule has 2 unspecified atom stereocenters. The Bertz CT molecular complexity index is 1450. The third-order valence-electron chi connectivity index (χ3n) is 8.29. The normalized spacial score (nSPS) is 12.5. The molecule has 2 N–H and O–H groups in total. The molecule has 2 atom stereocenters. The minimum Gasteiger partial charge on any atom is -0.481 e. The van der Waals surface area contributed by atoms with Crippen molar-refractivity contribution in [2.24, 2.45) is 5.92 Å². The van der Waals surface area contributed by atoms with Crippen molar-refractivity contribution in [2.75, 3.05) is 0 Å². The van der Waals surface area contributed by atoms with E-state index in [4.69, 9.17) is 9.84 Å². The highest BCUT2D eigenvalue weighted by molar-refractivity contribution is 5.87. The molecular weight excluding hydrogens is 567 g/mol. The summed E-state index contributed by atoms with van der Waals surface area (Å²) < 4.78 is 20.4. The molecule has 0 spiro atoms. The van der Waals surface area contributed by atoms with Crippen molar-refractivity contribution in [2.45, 2.75) is 76.9 Å². The fraction of sp³-hybridized carbons (Fsp3) is 0.333. The van der Waals surface area contributed by atoms with Gasteiger partial charge in [0.05, 0.1) is 18.3 Å². The summed E-state index contributed by atoms with van der Waals surface area (Å²) in [6.07, 6.45) is 7.73. The van der Waals surface area contributed by atoms with E-state index in [0.29, 0.717) is 13.0 Å². The van der Waals surface area contributed by atoms with Crippen LogP contribution in [0.4, 0.5) is 4.39 Å². The number of hydrogen-bond acceptors (Lipinski definition) is 3. The van der Waals surface area contributed by atoms with Gasteiger partial charge < -0.3 is 14.9 Å². The molecule has 0 radical (unpaired) electrons. The Morgan fingerprint density at radius 1 is 0.667 bits per heavy atom. The maximum atomic E-state index is 13.8. The van der Waals surface area contributed by atoms with E-state index in [9.17, 15) is 19.1 Å². The summed E-state index contributed by atoms with van der Waals surface area (Å²) in [6.45, 7) is 0.427. The van der Waals surface area contributed by atoms with Gasteiger partial charge in [0.15, 0.2) is 0 Å². The zero-order valence-electron chi connectivity index (χ0n) is 25.7. The standard InChI is InChI=1S/C39H43FO5/c40-36-24-22-34(23-25-36)37(45-28-32-16-14-30(15-17-32)13-12-29-8-5-3-6-9-29)27-33(10-4-1-2-7-11-38(41)42)26-31-18-20-35(21-19-31)39(43)44/h3,5-6,8-9,14-25,33,37H,1-2,4,7,10-13,26-28H2,(H,41,42)(H,43,44). The Balaban J connectivity index is 1.42. The van der Waals surface area contributed by atoms with Crippen LogP contribution in [0.15, 0.2) is 103 Å². The van der Waals surface area contributed by atoms with Crippen molar-refractivity contribution in [3.05, 3.63) is 142 Å². The SMILES string of the molecule is O=C(O)CCCCCCC(Cc1ccc(C(=O)O)cc1)CC(OCc1ccc(CCc2ccccc2)cc1)c1ccc(F)cc1. The van der Waals surface area contributed by atoms with Crippen LogP contribution < -0.4 is 0 Å². The lowest BCUT2D eigenvalue weighted by atomic mass is 9.87. The van der Waals surface area contributed by atoms with Crippen LogP contribution in [-0.4, -0.2) is 22.2 Å². The highest BCUT2D eigenvalue weighted by Crippen LogP contribution is 2.32. The number of aryl methyl sites for hydroxylation is 2. The Morgan fingerprint density at radius 2 is 1.27 bits per heavy atom. The van der Waals surface area contributed by atoms with Crippen molar-refractivity contribution in [1.29, 1.82) is 0 Å². The number of hydrogen-bond donors (Lipinski definition) is 2. The average molecular weight is 611 g/mol. The lowest BCUT2D eigenvalue weighted by Crippen LogP contribution is -2.14. The molecular formula is C39H43FO5. The molecule has 6 heteroatoms. The van der Waals surface area contributed by atoms with Gasteiger partial charge in [0.2, 0.25) is 0 Å². The van der Waals surface area contributed by atoms with E-state index in [1.807, 2.05) is 18.2 Å². The zero-order valence-corrected chi connectivity index (χ0v) is 25.7. The molecule has 0 amide bonds. The number of halogens is 1. The van der Waals surface area contributed by atoms with Crippen molar-refractivity contribution in [3.63, 3.8) is 0 Å². The number of carboxylic acid groups (broad SMARTS) is 2. The number of benzene rings is 4. The monoisotopic (exact) mass is 610 g/mol. The summed E-state index contributed by atoms with van der Waals surface area (Å²) in [6, 6.07) is 32.5. The third-order valence-corrected chi connectivity index (χ3v) is 8.29. The molecule has 4 rings (SSSR count). The van der Waals surface area contributed by atoms with Gasteiger partial charge in [0.25, 0.3) is 0 Å². The number of ether oxygens (including phenoxy) is 1. The summed E-state index contributed by atoms with van der Waals surface area (Å²) in [5.74, 6) is -1.78. The summed E-state index contributed by atoms with van der Waals surface area (Å²) in [5, 5.41) is 18.2. The smallest absolute Gasteiger partial charge is 0.335 e. The van der Waals surface area contributed by atoms with Crippen LogP contribution >= 0.6 is 0 Å². The van der Waals surface area contributed by atoms with Crippen LogP contribution in [0.2, 0.25) is 0 Å². The first-order chi connectivity index (χ1) is 21.9. The average Bonchev–Trinajstić information content (AvgIpc) is 3.05. The predicted octanol–water partition coefficient (Wildman–Crippen LogP) is 9.24. The molecule has 0 aromatic heterocycles. The van der Waals surface area contributed by atoms with Gasteiger partial charge in [0, 0.05) is 6.42 Å². The second-order valence-electron chi connectivity index (χ2n) is 11.8. The van der Waals surface area contributed by atoms with Crippen molar-refractivity contribution in [1.82, 2.24) is 0 Å². The van der Waals surface area contributed by atoms with E-state index in [-0.39, 0.29) is 29.8 Å². The lowest BCUT2D eigenvalue weighted by Gasteiger charge is -2.25. The molecule has 0 fully saturated rings. The number of rotatable bonds is 19.